The Morgan fingerprint density at radius 3 is 2.08 bits per heavy atom. The monoisotopic (exact) mass is 351 g/mol. The highest BCUT2D eigenvalue weighted by Gasteiger charge is 2.19. The molecule has 0 aromatic heterocycles. The SMILES string of the molecule is Cc1ccc(S(=O)(=O)NC(=O)c2ccccc2)cc1-c1ccccc1. The summed E-state index contributed by atoms with van der Waals surface area (Å²) in [6, 6.07) is 22.6. The fraction of sp³-hybridized carbons (Fsp3) is 0.0500. The number of aryl methyl sites for hydroxylation is 1. The maximum atomic E-state index is 12.6. The second kappa shape index (κ2) is 6.91. The molecule has 0 saturated carbocycles. The van der Waals surface area contributed by atoms with Gasteiger partial charge in [-0.3, -0.25) is 4.79 Å². The Morgan fingerprint density at radius 2 is 1.44 bits per heavy atom. The second-order valence-corrected chi connectivity index (χ2v) is 7.33. The number of hydrogen-bond donors (Lipinski definition) is 1. The van der Waals surface area contributed by atoms with Gasteiger partial charge in [-0.1, -0.05) is 54.6 Å². The maximum absolute atomic E-state index is 12.6. The van der Waals surface area contributed by atoms with Crippen LogP contribution in [0.2, 0.25) is 0 Å². The summed E-state index contributed by atoms with van der Waals surface area (Å²) in [6.45, 7) is 1.92. The molecule has 0 bridgehead atoms. The highest BCUT2D eigenvalue weighted by Crippen LogP contribution is 2.26. The highest BCUT2D eigenvalue weighted by atomic mass is 32.2. The summed E-state index contributed by atoms with van der Waals surface area (Å²) in [7, 11) is -3.95. The highest BCUT2D eigenvalue weighted by molar-refractivity contribution is 7.90. The van der Waals surface area contributed by atoms with Gasteiger partial charge in [0.15, 0.2) is 0 Å². The first kappa shape index (κ1) is 16.9. The van der Waals surface area contributed by atoms with E-state index in [1.165, 1.54) is 6.07 Å². The molecule has 0 atom stereocenters. The van der Waals surface area contributed by atoms with E-state index < -0.39 is 15.9 Å². The largest absolute Gasteiger partial charge is 0.268 e. The number of rotatable bonds is 4. The van der Waals surface area contributed by atoms with Gasteiger partial charge in [0, 0.05) is 5.56 Å². The lowest BCUT2D eigenvalue weighted by Gasteiger charge is -2.11. The van der Waals surface area contributed by atoms with Crippen LogP contribution in [0.3, 0.4) is 0 Å². The average molecular weight is 351 g/mol. The lowest BCUT2D eigenvalue weighted by atomic mass is 10.0. The summed E-state index contributed by atoms with van der Waals surface area (Å²) < 4.78 is 27.3. The number of hydrogen-bond acceptors (Lipinski definition) is 3. The van der Waals surface area contributed by atoms with Gasteiger partial charge in [0.25, 0.3) is 15.9 Å². The molecular formula is C20H17NO3S. The molecule has 1 N–H and O–H groups in total. The minimum atomic E-state index is -3.95. The van der Waals surface area contributed by atoms with Crippen LogP contribution >= 0.6 is 0 Å². The first-order chi connectivity index (χ1) is 12.0. The molecule has 0 radical (unpaired) electrons. The fourth-order valence-corrected chi connectivity index (χ4v) is 3.53. The average Bonchev–Trinajstić information content (AvgIpc) is 2.63. The van der Waals surface area contributed by atoms with E-state index >= 15 is 0 Å². The Bertz CT molecular complexity index is 998. The van der Waals surface area contributed by atoms with Gasteiger partial charge in [0.1, 0.15) is 0 Å². The summed E-state index contributed by atoms with van der Waals surface area (Å²) in [5, 5.41) is 0. The number of carbonyl (C=O) groups is 1. The molecule has 3 aromatic carbocycles. The van der Waals surface area contributed by atoms with Crippen molar-refractivity contribution in [1.29, 1.82) is 0 Å². The topological polar surface area (TPSA) is 63.2 Å². The Hall–Kier alpha value is -2.92. The Labute approximate surface area is 147 Å². The normalized spacial score (nSPS) is 11.1. The van der Waals surface area contributed by atoms with Crippen LogP contribution in [0.4, 0.5) is 0 Å². The van der Waals surface area contributed by atoms with Gasteiger partial charge in [-0.2, -0.15) is 0 Å². The fourth-order valence-electron chi connectivity index (χ4n) is 2.53. The molecule has 126 valence electrons. The molecule has 25 heavy (non-hydrogen) atoms. The van der Waals surface area contributed by atoms with Crippen molar-refractivity contribution in [2.75, 3.05) is 0 Å². The van der Waals surface area contributed by atoms with Crippen LogP contribution in [-0.2, 0) is 10.0 Å². The molecule has 0 heterocycles. The molecule has 0 unspecified atom stereocenters. The first-order valence-corrected chi connectivity index (χ1v) is 9.24. The zero-order valence-electron chi connectivity index (χ0n) is 13.6. The Kier molecular flexibility index (Phi) is 4.67. The molecule has 0 saturated heterocycles. The van der Waals surface area contributed by atoms with Crippen LogP contribution < -0.4 is 4.72 Å². The van der Waals surface area contributed by atoms with E-state index in [-0.39, 0.29) is 4.90 Å². The van der Waals surface area contributed by atoms with Crippen molar-refractivity contribution < 1.29 is 13.2 Å². The molecule has 0 fully saturated rings. The van der Waals surface area contributed by atoms with E-state index in [0.29, 0.717) is 5.56 Å². The molecule has 0 aliphatic rings. The van der Waals surface area contributed by atoms with Crippen molar-refractivity contribution in [2.45, 2.75) is 11.8 Å². The van der Waals surface area contributed by atoms with Gasteiger partial charge < -0.3 is 0 Å². The van der Waals surface area contributed by atoms with Crippen LogP contribution in [0.15, 0.2) is 83.8 Å². The number of nitrogens with one attached hydrogen (secondary N) is 1. The smallest absolute Gasteiger partial charge is 0.264 e. The van der Waals surface area contributed by atoms with E-state index in [9.17, 15) is 13.2 Å². The van der Waals surface area contributed by atoms with Crippen molar-refractivity contribution >= 4 is 15.9 Å². The van der Waals surface area contributed by atoms with Crippen LogP contribution in [0, 0.1) is 6.92 Å². The molecule has 4 nitrogen and oxygen atoms in total. The summed E-state index contributed by atoms with van der Waals surface area (Å²) in [5.41, 5.74) is 2.99. The van der Waals surface area contributed by atoms with Crippen molar-refractivity contribution in [3.8, 4) is 11.1 Å². The third kappa shape index (κ3) is 3.78. The molecule has 0 spiro atoms. The summed E-state index contributed by atoms with van der Waals surface area (Å²) >= 11 is 0. The Morgan fingerprint density at radius 1 is 0.840 bits per heavy atom. The third-order valence-corrected chi connectivity index (χ3v) is 5.20. The van der Waals surface area contributed by atoms with E-state index in [1.54, 1.807) is 42.5 Å². The number of amides is 1. The summed E-state index contributed by atoms with van der Waals surface area (Å²) in [6.07, 6.45) is 0. The van der Waals surface area contributed by atoms with Gasteiger partial charge in [0.2, 0.25) is 0 Å². The van der Waals surface area contributed by atoms with Crippen LogP contribution in [0.1, 0.15) is 15.9 Å². The molecule has 3 aromatic rings. The molecular weight excluding hydrogens is 334 g/mol. The van der Waals surface area contributed by atoms with Gasteiger partial charge in [-0.25, -0.2) is 13.1 Å². The predicted octanol–water partition coefficient (Wildman–Crippen LogP) is 3.78. The van der Waals surface area contributed by atoms with E-state index in [4.69, 9.17) is 0 Å². The summed E-state index contributed by atoms with van der Waals surface area (Å²) in [4.78, 5) is 12.2. The number of carbonyl (C=O) groups excluding carboxylic acids is 1. The number of benzene rings is 3. The lowest BCUT2D eigenvalue weighted by molar-refractivity contribution is 0.0981. The van der Waals surface area contributed by atoms with Crippen LogP contribution in [-0.4, -0.2) is 14.3 Å². The predicted molar refractivity (Wildman–Crippen MR) is 97.7 cm³/mol. The quantitative estimate of drug-likeness (QED) is 0.778. The molecule has 3 rings (SSSR count). The van der Waals surface area contributed by atoms with Crippen LogP contribution in [0.5, 0.6) is 0 Å². The zero-order chi connectivity index (χ0) is 17.9. The zero-order valence-corrected chi connectivity index (χ0v) is 14.5. The molecule has 0 aliphatic heterocycles. The van der Waals surface area contributed by atoms with E-state index in [2.05, 4.69) is 4.72 Å². The first-order valence-electron chi connectivity index (χ1n) is 7.76. The minimum absolute atomic E-state index is 0.0567. The Balaban J connectivity index is 1.94. The second-order valence-electron chi connectivity index (χ2n) is 5.64. The standard InChI is InChI=1S/C20H17NO3S/c1-15-12-13-18(14-19(15)16-8-4-2-5-9-16)25(23,24)21-20(22)17-10-6-3-7-11-17/h2-14H,1H3,(H,21,22). The number of sulfonamides is 1. The van der Waals surface area contributed by atoms with Gasteiger partial charge in [-0.15, -0.1) is 0 Å². The van der Waals surface area contributed by atoms with Gasteiger partial charge in [-0.05, 0) is 47.9 Å². The molecule has 0 aliphatic carbocycles. The maximum Gasteiger partial charge on any atom is 0.264 e. The van der Waals surface area contributed by atoms with Crippen molar-refractivity contribution in [3.05, 3.63) is 90.0 Å². The molecule has 5 heteroatoms. The van der Waals surface area contributed by atoms with Crippen LogP contribution in [0.25, 0.3) is 11.1 Å². The molecule has 1 amide bonds. The van der Waals surface area contributed by atoms with Crippen molar-refractivity contribution in [2.24, 2.45) is 0 Å². The van der Waals surface area contributed by atoms with Crippen molar-refractivity contribution in [3.63, 3.8) is 0 Å². The van der Waals surface area contributed by atoms with Crippen molar-refractivity contribution in [1.82, 2.24) is 4.72 Å². The lowest BCUT2D eigenvalue weighted by Crippen LogP contribution is -2.30. The van der Waals surface area contributed by atoms with E-state index in [1.807, 2.05) is 37.3 Å². The third-order valence-electron chi connectivity index (χ3n) is 3.87. The van der Waals surface area contributed by atoms with E-state index in [0.717, 1.165) is 16.7 Å². The van der Waals surface area contributed by atoms with Gasteiger partial charge in [0.05, 0.1) is 4.90 Å². The van der Waals surface area contributed by atoms with Gasteiger partial charge >= 0.3 is 0 Å². The summed E-state index contributed by atoms with van der Waals surface area (Å²) in [5.74, 6) is -0.651. The minimum Gasteiger partial charge on any atom is -0.268 e.